The van der Waals surface area contributed by atoms with E-state index in [0.29, 0.717) is 12.6 Å². The van der Waals surface area contributed by atoms with E-state index in [9.17, 15) is 4.79 Å². The number of carbonyl (C=O) groups excluding carboxylic acids is 1. The van der Waals surface area contributed by atoms with E-state index in [-0.39, 0.29) is 6.03 Å². The number of nitrogens with one attached hydrogen (secondary N) is 2. The zero-order valence-electron chi connectivity index (χ0n) is 13.1. The van der Waals surface area contributed by atoms with Gasteiger partial charge in [0.1, 0.15) is 5.75 Å². The van der Waals surface area contributed by atoms with Gasteiger partial charge in [-0.05, 0) is 55.5 Å². The van der Waals surface area contributed by atoms with Crippen LogP contribution in [0.1, 0.15) is 31.2 Å². The van der Waals surface area contributed by atoms with Gasteiger partial charge in [0.25, 0.3) is 0 Å². The number of benzene rings is 2. The van der Waals surface area contributed by atoms with Crippen molar-refractivity contribution < 1.29 is 9.53 Å². The van der Waals surface area contributed by atoms with Crippen LogP contribution in [0.15, 0.2) is 54.6 Å². The van der Waals surface area contributed by atoms with Crippen molar-refractivity contribution in [2.24, 2.45) is 0 Å². The highest BCUT2D eigenvalue weighted by Gasteiger charge is 2.16. The standard InChI is InChI=1S/C19H22N2O2/c22-19(20-14-15-6-2-1-3-7-15)21-16-10-12-18(13-11-16)23-17-8-4-5-9-17/h1-3,6-7,10-13,17H,4-5,8-9,14H2,(H2,20,21,22). The van der Waals surface area contributed by atoms with Gasteiger partial charge in [-0.3, -0.25) is 0 Å². The minimum Gasteiger partial charge on any atom is -0.490 e. The molecule has 4 heteroatoms. The van der Waals surface area contributed by atoms with Crippen LogP contribution in [0, 0.1) is 0 Å². The molecular formula is C19H22N2O2. The lowest BCUT2D eigenvalue weighted by molar-refractivity contribution is 0.210. The molecule has 120 valence electrons. The van der Waals surface area contributed by atoms with E-state index in [2.05, 4.69) is 10.6 Å². The molecule has 0 spiro atoms. The fraction of sp³-hybridized carbons (Fsp3) is 0.316. The van der Waals surface area contributed by atoms with Crippen molar-refractivity contribution in [1.82, 2.24) is 5.32 Å². The molecule has 0 radical (unpaired) electrons. The Labute approximate surface area is 136 Å². The predicted molar refractivity (Wildman–Crippen MR) is 91.6 cm³/mol. The Morgan fingerprint density at radius 1 is 1.00 bits per heavy atom. The maximum absolute atomic E-state index is 11.9. The molecule has 1 fully saturated rings. The van der Waals surface area contributed by atoms with Crippen molar-refractivity contribution in [3.63, 3.8) is 0 Å². The number of anilines is 1. The normalized spacial score (nSPS) is 14.4. The van der Waals surface area contributed by atoms with E-state index in [0.717, 1.165) is 29.8 Å². The van der Waals surface area contributed by atoms with Gasteiger partial charge in [-0.1, -0.05) is 30.3 Å². The molecule has 1 aliphatic carbocycles. The van der Waals surface area contributed by atoms with Gasteiger partial charge in [0, 0.05) is 12.2 Å². The number of hydrogen-bond acceptors (Lipinski definition) is 2. The molecule has 3 rings (SSSR count). The smallest absolute Gasteiger partial charge is 0.319 e. The van der Waals surface area contributed by atoms with Crippen LogP contribution in [-0.2, 0) is 6.54 Å². The lowest BCUT2D eigenvalue weighted by Gasteiger charge is -2.13. The summed E-state index contributed by atoms with van der Waals surface area (Å²) >= 11 is 0. The van der Waals surface area contributed by atoms with Gasteiger partial charge < -0.3 is 15.4 Å². The lowest BCUT2D eigenvalue weighted by atomic mass is 10.2. The van der Waals surface area contributed by atoms with Gasteiger partial charge in [0.05, 0.1) is 6.10 Å². The molecule has 0 aliphatic heterocycles. The Hall–Kier alpha value is -2.49. The number of rotatable bonds is 5. The fourth-order valence-electron chi connectivity index (χ4n) is 2.77. The largest absolute Gasteiger partial charge is 0.490 e. The summed E-state index contributed by atoms with van der Waals surface area (Å²) in [7, 11) is 0. The van der Waals surface area contributed by atoms with Crippen LogP contribution in [-0.4, -0.2) is 12.1 Å². The third kappa shape index (κ3) is 4.74. The molecule has 4 nitrogen and oxygen atoms in total. The van der Waals surface area contributed by atoms with Gasteiger partial charge in [0.2, 0.25) is 0 Å². The molecule has 2 N–H and O–H groups in total. The summed E-state index contributed by atoms with van der Waals surface area (Å²) in [4.78, 5) is 11.9. The monoisotopic (exact) mass is 310 g/mol. The third-order valence-electron chi connectivity index (χ3n) is 4.01. The van der Waals surface area contributed by atoms with Crippen molar-refractivity contribution in [2.45, 2.75) is 38.3 Å². The van der Waals surface area contributed by atoms with E-state index in [1.807, 2.05) is 54.6 Å². The fourth-order valence-corrected chi connectivity index (χ4v) is 2.77. The van der Waals surface area contributed by atoms with Crippen molar-refractivity contribution in [1.29, 1.82) is 0 Å². The van der Waals surface area contributed by atoms with Gasteiger partial charge in [-0.2, -0.15) is 0 Å². The van der Waals surface area contributed by atoms with E-state index >= 15 is 0 Å². The number of ether oxygens (including phenoxy) is 1. The number of amides is 2. The minimum absolute atomic E-state index is 0.210. The third-order valence-corrected chi connectivity index (χ3v) is 4.01. The Morgan fingerprint density at radius 3 is 2.39 bits per heavy atom. The van der Waals surface area contributed by atoms with Crippen molar-refractivity contribution in [3.8, 4) is 5.75 Å². The number of carbonyl (C=O) groups is 1. The molecule has 2 amide bonds. The molecule has 1 aliphatic rings. The average Bonchev–Trinajstić information content (AvgIpc) is 3.09. The predicted octanol–water partition coefficient (Wildman–Crippen LogP) is 4.33. The maximum Gasteiger partial charge on any atom is 0.319 e. The molecule has 0 bridgehead atoms. The summed E-state index contributed by atoms with van der Waals surface area (Å²) in [6.07, 6.45) is 5.14. The topological polar surface area (TPSA) is 50.4 Å². The molecule has 0 saturated heterocycles. The van der Waals surface area contributed by atoms with Crippen LogP contribution >= 0.6 is 0 Å². The summed E-state index contributed by atoms with van der Waals surface area (Å²) in [6.45, 7) is 0.509. The highest BCUT2D eigenvalue weighted by molar-refractivity contribution is 5.89. The van der Waals surface area contributed by atoms with Crippen LogP contribution in [0.25, 0.3) is 0 Å². The highest BCUT2D eigenvalue weighted by atomic mass is 16.5. The Kier molecular flexibility index (Phi) is 5.14. The molecule has 1 saturated carbocycles. The van der Waals surface area contributed by atoms with Gasteiger partial charge in [-0.25, -0.2) is 4.79 Å². The first kappa shape index (κ1) is 15.4. The molecule has 0 atom stereocenters. The van der Waals surface area contributed by atoms with Crippen molar-refractivity contribution in [3.05, 3.63) is 60.2 Å². The SMILES string of the molecule is O=C(NCc1ccccc1)Nc1ccc(OC2CCCC2)cc1. The van der Waals surface area contributed by atoms with Crippen LogP contribution in [0.3, 0.4) is 0 Å². The quantitative estimate of drug-likeness (QED) is 0.863. The molecule has 2 aromatic rings. The maximum atomic E-state index is 11.9. The second-order valence-electron chi connectivity index (χ2n) is 5.84. The summed E-state index contributed by atoms with van der Waals surface area (Å²) in [5.41, 5.74) is 1.83. The molecular weight excluding hydrogens is 288 g/mol. The second-order valence-corrected chi connectivity index (χ2v) is 5.84. The zero-order valence-corrected chi connectivity index (χ0v) is 13.1. The van der Waals surface area contributed by atoms with E-state index in [1.165, 1.54) is 12.8 Å². The number of hydrogen-bond donors (Lipinski definition) is 2. The van der Waals surface area contributed by atoms with E-state index in [4.69, 9.17) is 4.74 Å². The molecule has 0 unspecified atom stereocenters. The van der Waals surface area contributed by atoms with Crippen molar-refractivity contribution in [2.75, 3.05) is 5.32 Å². The van der Waals surface area contributed by atoms with Gasteiger partial charge >= 0.3 is 6.03 Å². The first-order valence-corrected chi connectivity index (χ1v) is 8.15. The van der Waals surface area contributed by atoms with Gasteiger partial charge in [-0.15, -0.1) is 0 Å². The second kappa shape index (κ2) is 7.68. The summed E-state index contributed by atoms with van der Waals surface area (Å²) in [5.74, 6) is 0.868. The Balaban J connectivity index is 1.46. The molecule has 23 heavy (non-hydrogen) atoms. The van der Waals surface area contributed by atoms with Crippen LogP contribution in [0.4, 0.5) is 10.5 Å². The first-order valence-electron chi connectivity index (χ1n) is 8.15. The average molecular weight is 310 g/mol. The Morgan fingerprint density at radius 2 is 1.70 bits per heavy atom. The van der Waals surface area contributed by atoms with Gasteiger partial charge in [0.15, 0.2) is 0 Å². The van der Waals surface area contributed by atoms with E-state index < -0.39 is 0 Å². The summed E-state index contributed by atoms with van der Waals surface area (Å²) < 4.78 is 5.91. The Bertz CT molecular complexity index is 620. The number of urea groups is 1. The minimum atomic E-state index is -0.210. The molecule has 0 aromatic heterocycles. The summed E-state index contributed by atoms with van der Waals surface area (Å²) in [5, 5.41) is 5.67. The molecule has 2 aromatic carbocycles. The first-order chi connectivity index (χ1) is 11.3. The zero-order chi connectivity index (χ0) is 15.9. The molecule has 0 heterocycles. The summed E-state index contributed by atoms with van der Waals surface area (Å²) in [6, 6.07) is 17.2. The van der Waals surface area contributed by atoms with Crippen LogP contribution < -0.4 is 15.4 Å². The van der Waals surface area contributed by atoms with Crippen LogP contribution in [0.5, 0.6) is 5.75 Å². The van der Waals surface area contributed by atoms with Crippen LogP contribution in [0.2, 0.25) is 0 Å². The van der Waals surface area contributed by atoms with E-state index in [1.54, 1.807) is 0 Å². The highest BCUT2D eigenvalue weighted by Crippen LogP contribution is 2.24. The van der Waals surface area contributed by atoms with Crippen molar-refractivity contribution >= 4 is 11.7 Å². The lowest BCUT2D eigenvalue weighted by Crippen LogP contribution is -2.28.